The highest BCUT2D eigenvalue weighted by atomic mass is 35.7. The van der Waals surface area contributed by atoms with Crippen molar-refractivity contribution in [2.45, 2.75) is 60.6 Å². The highest BCUT2D eigenvalue weighted by molar-refractivity contribution is 8.13. The normalized spacial score (nSPS) is 15.2. The SMILES string of the molecule is C#CCC.C#CCNc1ccc(S(=O)(=O)N2CCN(C(C)=O)CC2)cc1OC.CC(=O)N1CCNCC1.COc1cc(S(=O)(=O)Cl)ccc1[N+](=O)[O-].COc1cc(S(=O)(=O)N2CCN(C(C)=O)CC2)ccc1N.COc1cc(S(=O)(=O)N2CCN(C(C)=O)CC2)ccc1[N+](=O)[O-]. The Morgan fingerprint density at radius 3 is 1.11 bits per heavy atom. The van der Waals surface area contributed by atoms with Crippen molar-refractivity contribution in [1.29, 1.82) is 0 Å². The number of piperazine rings is 4. The van der Waals surface area contributed by atoms with E-state index in [4.69, 9.17) is 43.5 Å². The van der Waals surface area contributed by atoms with Crippen LogP contribution in [0.25, 0.3) is 0 Å². The van der Waals surface area contributed by atoms with E-state index in [0.29, 0.717) is 68.7 Å². The maximum absolute atomic E-state index is 12.8. The summed E-state index contributed by atoms with van der Waals surface area (Å²) in [6.07, 6.45) is 10.8. The van der Waals surface area contributed by atoms with E-state index < -0.39 is 49.0 Å². The molecule has 37 heteroatoms. The smallest absolute Gasteiger partial charge is 0.310 e. The number of hydrogen-bond acceptors (Lipinski definition) is 23. The lowest BCUT2D eigenvalue weighted by Gasteiger charge is -2.33. The number of nitrogens with two attached hydrogens (primary N) is 1. The first-order valence-corrected chi connectivity index (χ1v) is 35.8. The van der Waals surface area contributed by atoms with Crippen LogP contribution in [0.15, 0.2) is 92.4 Å². The molecule has 4 heterocycles. The molecule has 4 saturated heterocycles. The van der Waals surface area contributed by atoms with Gasteiger partial charge in [-0.25, -0.2) is 33.7 Å². The van der Waals surface area contributed by atoms with Crippen LogP contribution in [-0.4, -0.2) is 239 Å². The molecule has 32 nitrogen and oxygen atoms in total. The zero-order chi connectivity index (χ0) is 72.3. The van der Waals surface area contributed by atoms with Gasteiger partial charge in [-0.2, -0.15) is 12.9 Å². The minimum Gasteiger partial charge on any atom is -0.495 e. The molecular weight excluding hydrogens is 1360 g/mol. The monoisotopic (exact) mass is 1440 g/mol. The molecule has 0 spiro atoms. The van der Waals surface area contributed by atoms with Crippen molar-refractivity contribution in [2.75, 3.05) is 151 Å². The van der Waals surface area contributed by atoms with Crippen LogP contribution in [-0.2, 0) is 58.3 Å². The molecule has 4 aromatic carbocycles. The first-order chi connectivity index (χ1) is 45.1. The lowest BCUT2D eigenvalue weighted by molar-refractivity contribution is -0.385. The Hall–Kier alpha value is -8.59. The topological polar surface area (TPSA) is 401 Å². The minimum absolute atomic E-state index is 0.0406. The van der Waals surface area contributed by atoms with Crippen molar-refractivity contribution in [3.05, 3.63) is 93.0 Å². The Morgan fingerprint density at radius 1 is 0.510 bits per heavy atom. The van der Waals surface area contributed by atoms with Crippen molar-refractivity contribution < 1.29 is 81.6 Å². The molecule has 0 aromatic heterocycles. The fourth-order valence-electron chi connectivity index (χ4n) is 9.06. The van der Waals surface area contributed by atoms with E-state index in [1.165, 1.54) is 98.5 Å². The van der Waals surface area contributed by atoms with Crippen molar-refractivity contribution in [2.24, 2.45) is 0 Å². The van der Waals surface area contributed by atoms with Crippen molar-refractivity contribution >= 4 is 96.2 Å². The van der Waals surface area contributed by atoms with Crippen LogP contribution in [0.1, 0.15) is 41.0 Å². The standard InChI is InChI=1S/C16H21N3O4S.C13H17N3O6S.C13H19N3O4S.C7H6ClNO5S.C6H12N2O.C4H6/c1-4-7-17-15-6-5-14(12-16(15)23-3)24(21,22)19-10-8-18(9-11-19)13(2)20;1-10(17)14-5-7-15(8-6-14)23(20,21)11-3-4-12(16(18)19)13(9-11)22-2;1-10(17)15-5-7-16(8-6-15)21(18,19)11-3-4-12(14)13(9-11)20-2;1-14-7-4-5(15(8,12)13)2-3-6(7)9(10)11;1-6(9)8-4-2-7-3-5-8;1-3-4-2/h1,5-6,12,17H,7-11H2,2-3H3;3-4,9H,5-8H2,1-2H3;3-4,9H,5-8,14H2,1-2H3;2-4H,1H3;7H,2-5H2,1H3;1H,4H2,2H3. The van der Waals surface area contributed by atoms with Gasteiger partial charge in [0.1, 0.15) is 11.5 Å². The second-order valence-electron chi connectivity index (χ2n) is 20.5. The molecule has 4 aromatic rings. The van der Waals surface area contributed by atoms with Crippen LogP contribution in [0.3, 0.4) is 0 Å². The largest absolute Gasteiger partial charge is 0.495 e. The predicted octanol–water partition coefficient (Wildman–Crippen LogP) is 3.18. The Bertz CT molecular complexity index is 3920. The number of methoxy groups -OCH3 is 4. The molecule has 4 aliphatic rings. The van der Waals surface area contributed by atoms with Crippen LogP contribution in [0.2, 0.25) is 0 Å². The molecule has 0 aliphatic carbocycles. The quantitative estimate of drug-likeness (QED) is 0.0506. The van der Waals surface area contributed by atoms with Crippen LogP contribution in [0.5, 0.6) is 23.0 Å². The Kier molecular flexibility index (Phi) is 32.5. The Balaban J connectivity index is 0.000000316. The number of nitrogen functional groups attached to an aromatic ring is 1. The van der Waals surface area contributed by atoms with Gasteiger partial charge < -0.3 is 54.9 Å². The van der Waals surface area contributed by atoms with Gasteiger partial charge >= 0.3 is 11.4 Å². The number of sulfonamides is 3. The summed E-state index contributed by atoms with van der Waals surface area (Å²) in [5, 5.41) is 27.5. The number of amides is 4. The zero-order valence-electron chi connectivity index (χ0n) is 54.6. The first kappa shape index (κ1) is 81.6. The average molecular weight is 1440 g/mol. The number of nitrogens with zero attached hydrogens (tertiary/aromatic N) is 9. The molecule has 4 N–H and O–H groups in total. The molecule has 8 rings (SSSR count). The zero-order valence-corrected chi connectivity index (χ0v) is 58.6. The van der Waals surface area contributed by atoms with E-state index in [-0.39, 0.29) is 105 Å². The van der Waals surface area contributed by atoms with Crippen molar-refractivity contribution in [1.82, 2.24) is 37.8 Å². The molecule has 4 aliphatic heterocycles. The van der Waals surface area contributed by atoms with Crippen molar-refractivity contribution in [3.8, 4) is 47.7 Å². The van der Waals surface area contributed by atoms with Gasteiger partial charge in [0.05, 0.1) is 75.8 Å². The molecule has 0 radical (unpaired) electrons. The second-order valence-corrected chi connectivity index (χ2v) is 28.9. The van der Waals surface area contributed by atoms with Crippen molar-refractivity contribution in [3.63, 3.8) is 0 Å². The molecule has 0 saturated carbocycles. The molecule has 4 amide bonds. The summed E-state index contributed by atoms with van der Waals surface area (Å²) < 4.78 is 122. The number of terminal acetylenes is 2. The summed E-state index contributed by atoms with van der Waals surface area (Å²) in [7, 11) is -4.52. The number of ether oxygens (including phenoxy) is 4. The third-order valence-electron chi connectivity index (χ3n) is 14.5. The molecule has 528 valence electrons. The van der Waals surface area contributed by atoms with Crippen LogP contribution in [0, 0.1) is 44.9 Å². The third kappa shape index (κ3) is 23.7. The van der Waals surface area contributed by atoms with E-state index in [9.17, 15) is 73.1 Å². The number of anilines is 2. The molecule has 96 heavy (non-hydrogen) atoms. The van der Waals surface area contributed by atoms with E-state index in [1.54, 1.807) is 27.7 Å². The second kappa shape index (κ2) is 38.2. The number of nitro benzene ring substituents is 2. The van der Waals surface area contributed by atoms with Crippen LogP contribution in [0.4, 0.5) is 22.7 Å². The van der Waals surface area contributed by atoms with Crippen LogP contribution >= 0.6 is 10.7 Å². The van der Waals surface area contributed by atoms with Gasteiger partial charge in [-0.15, -0.1) is 18.8 Å². The maximum atomic E-state index is 12.8. The van der Waals surface area contributed by atoms with E-state index >= 15 is 0 Å². The van der Waals surface area contributed by atoms with Gasteiger partial charge in [0, 0.05) is 186 Å². The number of halogens is 1. The first-order valence-electron chi connectivity index (χ1n) is 29.2. The highest BCUT2D eigenvalue weighted by Gasteiger charge is 2.33. The van der Waals surface area contributed by atoms with Crippen LogP contribution < -0.4 is 35.3 Å². The van der Waals surface area contributed by atoms with Gasteiger partial charge in [0.2, 0.25) is 53.7 Å². The lowest BCUT2D eigenvalue weighted by atomic mass is 10.3. The fraction of sp³-hybridized carbons (Fsp3) is 0.458. The van der Waals surface area contributed by atoms with E-state index in [1.807, 2.05) is 11.8 Å². The summed E-state index contributed by atoms with van der Waals surface area (Å²) in [4.78, 5) is 71.3. The molecule has 4 fully saturated rings. The number of carbonyl (C=O) groups is 4. The van der Waals surface area contributed by atoms with Gasteiger partial charge in [-0.1, -0.05) is 12.8 Å². The predicted molar refractivity (Wildman–Crippen MR) is 357 cm³/mol. The summed E-state index contributed by atoms with van der Waals surface area (Å²) in [6.45, 7) is 15.6. The average Bonchev–Trinajstić information content (AvgIpc) is 0.810. The number of nitro groups is 2. The minimum atomic E-state index is -3.91. The number of hydrogen-bond donors (Lipinski definition) is 3. The summed E-state index contributed by atoms with van der Waals surface area (Å²) in [5.74, 6) is 5.37. The molecule has 0 atom stereocenters. The summed E-state index contributed by atoms with van der Waals surface area (Å²) >= 11 is 0. The molecule has 0 bridgehead atoms. The van der Waals surface area contributed by atoms with E-state index in [2.05, 4.69) is 27.2 Å². The summed E-state index contributed by atoms with van der Waals surface area (Å²) in [5.41, 5.74) is 6.10. The summed E-state index contributed by atoms with van der Waals surface area (Å²) in [6, 6.07) is 15.5. The highest BCUT2D eigenvalue weighted by Crippen LogP contribution is 2.34. The maximum Gasteiger partial charge on any atom is 0.310 e. The van der Waals surface area contributed by atoms with Gasteiger partial charge in [0.15, 0.2) is 11.5 Å². The Labute approximate surface area is 564 Å². The number of benzene rings is 4. The van der Waals surface area contributed by atoms with E-state index in [0.717, 1.165) is 62.9 Å². The molecular formula is C59H81ClN12O20S4. The van der Waals surface area contributed by atoms with Gasteiger partial charge in [0.25, 0.3) is 9.05 Å². The number of rotatable bonds is 15. The fourth-order valence-corrected chi connectivity index (χ4v) is 14.1. The van der Waals surface area contributed by atoms with Gasteiger partial charge in [-0.05, 0) is 36.4 Å². The Morgan fingerprint density at radius 2 is 0.812 bits per heavy atom. The number of nitrogens with one attached hydrogen (secondary N) is 2. The number of carbonyl (C=O) groups excluding carboxylic acids is 4. The molecule has 0 unspecified atom stereocenters. The van der Waals surface area contributed by atoms with Gasteiger partial charge in [-0.3, -0.25) is 39.4 Å². The third-order valence-corrected chi connectivity index (χ3v) is 21.5. The lowest BCUT2D eigenvalue weighted by Crippen LogP contribution is -2.49.